The zero-order chi connectivity index (χ0) is 19.0. The van der Waals surface area contributed by atoms with Crippen molar-refractivity contribution >= 4 is 6.03 Å². The molecular weight excluding hydrogens is 334 g/mol. The Kier molecular flexibility index (Phi) is 5.06. The molecule has 1 atom stereocenters. The van der Waals surface area contributed by atoms with Crippen molar-refractivity contribution in [3.63, 3.8) is 0 Å². The largest absolute Gasteiger partial charge is 0.334 e. The van der Waals surface area contributed by atoms with Gasteiger partial charge >= 0.3 is 11.7 Å². The highest BCUT2D eigenvalue weighted by molar-refractivity contribution is 5.74. The van der Waals surface area contributed by atoms with E-state index >= 15 is 0 Å². The van der Waals surface area contributed by atoms with Crippen molar-refractivity contribution < 1.29 is 13.6 Å². The molecule has 25 heavy (non-hydrogen) atoms. The molecule has 0 aromatic carbocycles. The van der Waals surface area contributed by atoms with Gasteiger partial charge in [-0.2, -0.15) is 0 Å². The molecular formula is C16H24F2N4O3. The number of rotatable bonds is 3. The van der Waals surface area contributed by atoms with E-state index in [1.165, 1.54) is 22.7 Å². The predicted octanol–water partition coefficient (Wildman–Crippen LogP) is 1.62. The van der Waals surface area contributed by atoms with E-state index in [2.05, 4.69) is 10.3 Å². The van der Waals surface area contributed by atoms with Crippen LogP contribution in [0.4, 0.5) is 13.6 Å². The number of aromatic amines is 1. The molecule has 1 heterocycles. The second kappa shape index (κ2) is 6.61. The first-order valence-corrected chi connectivity index (χ1v) is 8.14. The lowest BCUT2D eigenvalue weighted by Gasteiger charge is -2.25. The van der Waals surface area contributed by atoms with Gasteiger partial charge in [0.15, 0.2) is 0 Å². The molecule has 1 unspecified atom stereocenters. The number of halogens is 2. The zero-order valence-electron chi connectivity index (χ0n) is 14.9. The number of nitrogens with zero attached hydrogens (tertiary/aromatic N) is 2. The standard InChI is InChI=1S/C16H24F2N4O3/c1-15(2,3)22-9-10(12(23)20-14(22)25)8-19-13(24)21(4)11-5-6-16(17,18)7-11/h9,11H,5-8H2,1-4H3,(H,19,24)(H,20,23,25). The zero-order valence-corrected chi connectivity index (χ0v) is 14.9. The summed E-state index contributed by atoms with van der Waals surface area (Å²) in [7, 11) is 1.46. The van der Waals surface area contributed by atoms with Crippen LogP contribution in [0.3, 0.4) is 0 Å². The highest BCUT2D eigenvalue weighted by Crippen LogP contribution is 2.36. The molecule has 1 saturated carbocycles. The van der Waals surface area contributed by atoms with Crippen LogP contribution in [0, 0.1) is 0 Å². The molecule has 0 radical (unpaired) electrons. The quantitative estimate of drug-likeness (QED) is 0.861. The third-order valence-corrected chi connectivity index (χ3v) is 4.41. The van der Waals surface area contributed by atoms with E-state index in [1.807, 2.05) is 20.8 Å². The van der Waals surface area contributed by atoms with Crippen LogP contribution in [-0.2, 0) is 12.1 Å². The average Bonchev–Trinajstić information content (AvgIpc) is 2.84. The molecule has 2 rings (SSSR count). The molecule has 140 valence electrons. The van der Waals surface area contributed by atoms with Crippen LogP contribution >= 0.6 is 0 Å². The molecule has 9 heteroatoms. The topological polar surface area (TPSA) is 87.2 Å². The summed E-state index contributed by atoms with van der Waals surface area (Å²) in [5.74, 6) is -2.74. The van der Waals surface area contributed by atoms with Gasteiger partial charge in [-0.25, -0.2) is 18.4 Å². The molecule has 0 bridgehead atoms. The minimum absolute atomic E-state index is 0.0992. The Morgan fingerprint density at radius 3 is 2.60 bits per heavy atom. The number of amides is 2. The van der Waals surface area contributed by atoms with E-state index < -0.39 is 34.8 Å². The second-order valence-electron chi connectivity index (χ2n) is 7.48. The minimum atomic E-state index is -2.74. The molecule has 7 nitrogen and oxygen atoms in total. The van der Waals surface area contributed by atoms with Crippen LogP contribution in [-0.4, -0.2) is 39.5 Å². The Hall–Kier alpha value is -2.19. The van der Waals surface area contributed by atoms with Crippen LogP contribution < -0.4 is 16.6 Å². The maximum atomic E-state index is 13.3. The summed E-state index contributed by atoms with van der Waals surface area (Å²) in [5.41, 5.74) is -1.43. The lowest BCUT2D eigenvalue weighted by atomic mass is 10.1. The third kappa shape index (κ3) is 4.46. The minimum Gasteiger partial charge on any atom is -0.334 e. The summed E-state index contributed by atoms with van der Waals surface area (Å²) >= 11 is 0. The van der Waals surface area contributed by atoms with Gasteiger partial charge in [-0.3, -0.25) is 14.3 Å². The first-order chi connectivity index (χ1) is 11.4. The summed E-state index contributed by atoms with van der Waals surface area (Å²) < 4.78 is 27.9. The molecule has 0 spiro atoms. The Morgan fingerprint density at radius 2 is 2.08 bits per heavy atom. The van der Waals surface area contributed by atoms with Crippen LogP contribution in [0.2, 0.25) is 0 Å². The SMILES string of the molecule is CN(C(=O)NCc1cn(C(C)(C)C)c(=O)[nH]c1=O)C1CCC(F)(F)C1. The van der Waals surface area contributed by atoms with Crippen molar-refractivity contribution in [3.05, 3.63) is 32.6 Å². The van der Waals surface area contributed by atoms with Gasteiger partial charge in [0.25, 0.3) is 5.56 Å². The smallest absolute Gasteiger partial charge is 0.328 e. The van der Waals surface area contributed by atoms with Crippen molar-refractivity contribution in [2.75, 3.05) is 7.05 Å². The molecule has 1 aromatic heterocycles. The average molecular weight is 358 g/mol. The Labute approximate surface area is 144 Å². The summed E-state index contributed by atoms with van der Waals surface area (Å²) in [6, 6.07) is -1.06. The molecule has 1 fully saturated rings. The van der Waals surface area contributed by atoms with Gasteiger partial charge < -0.3 is 10.2 Å². The number of H-pyrrole nitrogens is 1. The number of nitrogens with one attached hydrogen (secondary N) is 2. The molecule has 0 saturated heterocycles. The molecule has 1 aliphatic rings. The van der Waals surface area contributed by atoms with Crippen molar-refractivity contribution in [1.82, 2.24) is 19.8 Å². The van der Waals surface area contributed by atoms with E-state index in [9.17, 15) is 23.2 Å². The predicted molar refractivity (Wildman–Crippen MR) is 88.9 cm³/mol. The van der Waals surface area contributed by atoms with Gasteiger partial charge in [-0.05, 0) is 27.2 Å². The van der Waals surface area contributed by atoms with E-state index in [1.54, 1.807) is 0 Å². The van der Waals surface area contributed by atoms with Gasteiger partial charge in [0, 0.05) is 37.7 Å². The first kappa shape index (κ1) is 19.1. The van der Waals surface area contributed by atoms with Crippen LogP contribution in [0.1, 0.15) is 45.6 Å². The molecule has 1 aliphatic carbocycles. The van der Waals surface area contributed by atoms with E-state index in [0.717, 1.165) is 0 Å². The summed E-state index contributed by atoms with van der Waals surface area (Å²) in [6.07, 6.45) is 1.06. The van der Waals surface area contributed by atoms with Crippen LogP contribution in [0.25, 0.3) is 0 Å². The number of carbonyl (C=O) groups is 1. The van der Waals surface area contributed by atoms with Gasteiger partial charge in [0.05, 0.1) is 12.1 Å². The van der Waals surface area contributed by atoms with Crippen molar-refractivity contribution in [3.8, 4) is 0 Å². The summed E-state index contributed by atoms with van der Waals surface area (Å²) in [4.78, 5) is 39.4. The molecule has 2 N–H and O–H groups in total. The van der Waals surface area contributed by atoms with Gasteiger partial charge in [-0.15, -0.1) is 0 Å². The third-order valence-electron chi connectivity index (χ3n) is 4.41. The first-order valence-electron chi connectivity index (χ1n) is 8.14. The Bertz CT molecular complexity index is 764. The monoisotopic (exact) mass is 358 g/mol. The van der Waals surface area contributed by atoms with E-state index in [-0.39, 0.29) is 31.4 Å². The fourth-order valence-electron chi connectivity index (χ4n) is 2.85. The van der Waals surface area contributed by atoms with E-state index in [4.69, 9.17) is 0 Å². The Balaban J connectivity index is 2.07. The van der Waals surface area contributed by atoms with E-state index in [0.29, 0.717) is 0 Å². The molecule has 0 aliphatic heterocycles. The normalized spacial score (nSPS) is 19.7. The number of urea groups is 1. The highest BCUT2D eigenvalue weighted by Gasteiger charge is 2.42. The summed E-state index contributed by atoms with van der Waals surface area (Å²) in [6.45, 7) is 5.33. The maximum absolute atomic E-state index is 13.3. The number of hydrogen-bond acceptors (Lipinski definition) is 3. The van der Waals surface area contributed by atoms with Crippen molar-refractivity contribution in [2.24, 2.45) is 0 Å². The van der Waals surface area contributed by atoms with Crippen LogP contribution in [0.15, 0.2) is 15.8 Å². The van der Waals surface area contributed by atoms with Gasteiger partial charge in [0.1, 0.15) is 0 Å². The number of carbonyl (C=O) groups excluding carboxylic acids is 1. The maximum Gasteiger partial charge on any atom is 0.328 e. The molecule has 2 amide bonds. The second-order valence-corrected chi connectivity index (χ2v) is 7.48. The summed E-state index contributed by atoms with van der Waals surface area (Å²) in [5, 5.41) is 2.55. The van der Waals surface area contributed by atoms with Crippen molar-refractivity contribution in [1.29, 1.82) is 0 Å². The fraction of sp³-hybridized carbons (Fsp3) is 0.688. The fourth-order valence-corrected chi connectivity index (χ4v) is 2.85. The van der Waals surface area contributed by atoms with Crippen molar-refractivity contribution in [2.45, 2.75) is 64.1 Å². The number of aromatic nitrogens is 2. The van der Waals surface area contributed by atoms with Gasteiger partial charge in [-0.1, -0.05) is 0 Å². The molecule has 1 aromatic rings. The number of hydrogen-bond donors (Lipinski definition) is 2. The highest BCUT2D eigenvalue weighted by atomic mass is 19.3. The lowest BCUT2D eigenvalue weighted by molar-refractivity contribution is 0.00379. The van der Waals surface area contributed by atoms with Gasteiger partial charge in [0.2, 0.25) is 5.92 Å². The Morgan fingerprint density at radius 1 is 1.44 bits per heavy atom. The van der Waals surface area contributed by atoms with Crippen LogP contribution in [0.5, 0.6) is 0 Å². The lowest BCUT2D eigenvalue weighted by Crippen LogP contribution is -2.44. The number of alkyl halides is 2.